The number of hydrogen-bond acceptors (Lipinski definition) is 3. The first-order chi connectivity index (χ1) is 8.81. The summed E-state index contributed by atoms with van der Waals surface area (Å²) in [6.07, 6.45) is 0. The summed E-state index contributed by atoms with van der Waals surface area (Å²) in [6.45, 7) is 8.60. The molecule has 1 aromatic rings. The molecule has 19 heavy (non-hydrogen) atoms. The van der Waals surface area contributed by atoms with E-state index >= 15 is 0 Å². The molecule has 1 aromatic carbocycles. The van der Waals surface area contributed by atoms with Gasteiger partial charge in [0.2, 0.25) is 0 Å². The van der Waals surface area contributed by atoms with Crippen LogP contribution in [0.15, 0.2) is 18.2 Å². The Hall–Kier alpha value is -1.68. The molecule has 102 valence electrons. The number of hydrogen-bond donors (Lipinski definition) is 0. The number of amides is 1. The van der Waals surface area contributed by atoms with Crippen LogP contribution in [0.3, 0.4) is 0 Å². The predicted octanol–water partition coefficient (Wildman–Crippen LogP) is 2.34. The minimum Gasteiger partial charge on any atom is -0.374 e. The Morgan fingerprint density at radius 3 is 2.53 bits per heavy atom. The van der Waals surface area contributed by atoms with Crippen LogP contribution in [0, 0.1) is 6.92 Å². The lowest BCUT2D eigenvalue weighted by Crippen LogP contribution is -2.35. The van der Waals surface area contributed by atoms with E-state index in [9.17, 15) is 9.59 Å². The van der Waals surface area contributed by atoms with Crippen LogP contribution in [0.5, 0.6) is 0 Å². The molecule has 0 aromatic heterocycles. The molecule has 0 bridgehead atoms. The molecular weight excluding hydrogens is 242 g/mol. The highest BCUT2D eigenvalue weighted by Crippen LogP contribution is 2.31. The number of para-hydroxylation sites is 1. The Labute approximate surface area is 113 Å². The predicted molar refractivity (Wildman–Crippen MR) is 73.6 cm³/mol. The van der Waals surface area contributed by atoms with E-state index in [0.29, 0.717) is 18.7 Å². The van der Waals surface area contributed by atoms with Gasteiger partial charge < -0.3 is 9.64 Å². The number of ketones is 1. The first kappa shape index (κ1) is 13.7. The molecule has 0 atom stereocenters. The van der Waals surface area contributed by atoms with E-state index in [-0.39, 0.29) is 5.60 Å². The van der Waals surface area contributed by atoms with Crippen LogP contribution in [-0.2, 0) is 9.53 Å². The number of carbonyl (C=O) groups excluding carboxylic acids is 2. The normalized spacial score (nSPS) is 15.1. The summed E-state index contributed by atoms with van der Waals surface area (Å²) in [5, 5.41) is 0. The van der Waals surface area contributed by atoms with Crippen molar-refractivity contribution in [3.8, 4) is 0 Å². The van der Waals surface area contributed by atoms with Crippen molar-refractivity contribution in [1.29, 1.82) is 0 Å². The van der Waals surface area contributed by atoms with Gasteiger partial charge in [-0.25, -0.2) is 0 Å². The number of aryl methyl sites for hydroxylation is 1. The Kier molecular flexibility index (Phi) is 3.45. The summed E-state index contributed by atoms with van der Waals surface area (Å²) in [5.74, 6) is -0.878. The van der Waals surface area contributed by atoms with Crippen LogP contribution in [0.1, 0.15) is 36.7 Å². The lowest BCUT2D eigenvalue weighted by Gasteiger charge is -2.23. The summed E-state index contributed by atoms with van der Waals surface area (Å²) < 4.78 is 5.62. The van der Waals surface area contributed by atoms with E-state index in [1.165, 1.54) is 4.90 Å². The maximum atomic E-state index is 12.0. The zero-order valence-electron chi connectivity index (χ0n) is 11.8. The van der Waals surface area contributed by atoms with Gasteiger partial charge in [-0.15, -0.1) is 0 Å². The van der Waals surface area contributed by atoms with Crippen molar-refractivity contribution in [2.75, 3.05) is 18.1 Å². The molecule has 0 spiro atoms. The monoisotopic (exact) mass is 261 g/mol. The van der Waals surface area contributed by atoms with Crippen molar-refractivity contribution < 1.29 is 14.3 Å². The first-order valence-electron chi connectivity index (χ1n) is 6.41. The van der Waals surface area contributed by atoms with Gasteiger partial charge >= 0.3 is 0 Å². The molecule has 1 aliphatic rings. The van der Waals surface area contributed by atoms with E-state index < -0.39 is 11.7 Å². The van der Waals surface area contributed by atoms with Crippen LogP contribution in [0.2, 0.25) is 0 Å². The van der Waals surface area contributed by atoms with Crippen LogP contribution < -0.4 is 4.90 Å². The second-order valence-corrected chi connectivity index (χ2v) is 5.72. The average molecular weight is 261 g/mol. The van der Waals surface area contributed by atoms with Gasteiger partial charge in [0.05, 0.1) is 23.5 Å². The number of carbonyl (C=O) groups is 2. The standard InChI is InChI=1S/C15H19NO3/c1-10-6-5-7-11-12(10)16(14(18)13(11)17)8-9-19-15(2,3)4/h5-7H,8-9H2,1-4H3. The fraction of sp³-hybridized carbons (Fsp3) is 0.467. The molecule has 0 fully saturated rings. The van der Waals surface area contributed by atoms with Gasteiger partial charge in [-0.1, -0.05) is 12.1 Å². The highest BCUT2D eigenvalue weighted by Gasteiger charge is 2.36. The second-order valence-electron chi connectivity index (χ2n) is 5.72. The minimum absolute atomic E-state index is 0.249. The summed E-state index contributed by atoms with van der Waals surface area (Å²) in [7, 11) is 0. The molecule has 0 saturated carbocycles. The zero-order valence-corrected chi connectivity index (χ0v) is 11.8. The number of benzene rings is 1. The van der Waals surface area contributed by atoms with Crippen molar-refractivity contribution in [2.45, 2.75) is 33.3 Å². The van der Waals surface area contributed by atoms with Crippen molar-refractivity contribution in [3.63, 3.8) is 0 Å². The quantitative estimate of drug-likeness (QED) is 0.785. The highest BCUT2D eigenvalue weighted by atomic mass is 16.5. The molecule has 0 aliphatic carbocycles. The van der Waals surface area contributed by atoms with Gasteiger partial charge in [0, 0.05) is 6.54 Å². The van der Waals surface area contributed by atoms with Crippen molar-refractivity contribution in [1.82, 2.24) is 0 Å². The Morgan fingerprint density at radius 1 is 1.21 bits per heavy atom. The van der Waals surface area contributed by atoms with Gasteiger partial charge in [0.15, 0.2) is 0 Å². The van der Waals surface area contributed by atoms with E-state index in [1.807, 2.05) is 33.8 Å². The molecule has 4 nitrogen and oxygen atoms in total. The van der Waals surface area contributed by atoms with E-state index in [1.54, 1.807) is 12.1 Å². The van der Waals surface area contributed by atoms with Gasteiger partial charge in [-0.2, -0.15) is 0 Å². The van der Waals surface area contributed by atoms with Gasteiger partial charge in [-0.05, 0) is 39.3 Å². The first-order valence-corrected chi connectivity index (χ1v) is 6.41. The lowest BCUT2D eigenvalue weighted by molar-refractivity contribution is -0.114. The van der Waals surface area contributed by atoms with Crippen molar-refractivity contribution >= 4 is 17.4 Å². The highest BCUT2D eigenvalue weighted by molar-refractivity contribution is 6.52. The molecular formula is C15H19NO3. The second kappa shape index (κ2) is 4.78. The molecule has 1 aliphatic heterocycles. The number of nitrogens with zero attached hydrogens (tertiary/aromatic N) is 1. The summed E-state index contributed by atoms with van der Waals surface area (Å²) in [5.41, 5.74) is 1.92. The van der Waals surface area contributed by atoms with Crippen LogP contribution in [0.4, 0.5) is 5.69 Å². The SMILES string of the molecule is Cc1cccc2c1N(CCOC(C)(C)C)C(=O)C2=O. The number of ether oxygens (including phenoxy) is 1. The molecule has 2 rings (SSSR count). The van der Waals surface area contributed by atoms with E-state index in [2.05, 4.69) is 0 Å². The van der Waals surface area contributed by atoms with Gasteiger partial charge in [0.1, 0.15) is 0 Å². The van der Waals surface area contributed by atoms with E-state index in [4.69, 9.17) is 4.74 Å². The lowest BCUT2D eigenvalue weighted by atomic mass is 10.1. The Bertz CT molecular complexity index is 529. The molecule has 0 N–H and O–H groups in total. The molecule has 1 amide bonds. The van der Waals surface area contributed by atoms with Gasteiger partial charge in [0.25, 0.3) is 11.7 Å². The Balaban J connectivity index is 2.19. The number of anilines is 1. The molecule has 0 radical (unpaired) electrons. The molecule has 0 saturated heterocycles. The summed E-state index contributed by atoms with van der Waals surface area (Å²) >= 11 is 0. The number of rotatable bonds is 3. The van der Waals surface area contributed by atoms with Crippen molar-refractivity contribution in [2.24, 2.45) is 0 Å². The third-order valence-corrected chi connectivity index (χ3v) is 3.04. The fourth-order valence-corrected chi connectivity index (χ4v) is 2.20. The van der Waals surface area contributed by atoms with E-state index in [0.717, 1.165) is 11.3 Å². The molecule has 1 heterocycles. The topological polar surface area (TPSA) is 46.6 Å². The fourth-order valence-electron chi connectivity index (χ4n) is 2.20. The zero-order chi connectivity index (χ0) is 14.2. The van der Waals surface area contributed by atoms with Crippen molar-refractivity contribution in [3.05, 3.63) is 29.3 Å². The summed E-state index contributed by atoms with van der Waals surface area (Å²) in [6, 6.07) is 5.41. The number of Topliss-reactive ketones (excluding diaryl/α,β-unsaturated/α-hetero) is 1. The smallest absolute Gasteiger partial charge is 0.299 e. The Morgan fingerprint density at radius 2 is 1.89 bits per heavy atom. The molecule has 4 heteroatoms. The number of fused-ring (bicyclic) bond motifs is 1. The summed E-state index contributed by atoms with van der Waals surface area (Å²) in [4.78, 5) is 25.4. The third-order valence-electron chi connectivity index (χ3n) is 3.04. The largest absolute Gasteiger partial charge is 0.374 e. The average Bonchev–Trinajstić information content (AvgIpc) is 2.54. The van der Waals surface area contributed by atoms with Crippen LogP contribution in [-0.4, -0.2) is 30.4 Å². The maximum absolute atomic E-state index is 12.0. The maximum Gasteiger partial charge on any atom is 0.299 e. The van der Waals surface area contributed by atoms with Crippen LogP contribution in [0.25, 0.3) is 0 Å². The van der Waals surface area contributed by atoms with Crippen LogP contribution >= 0.6 is 0 Å². The molecule has 0 unspecified atom stereocenters. The van der Waals surface area contributed by atoms with Gasteiger partial charge in [-0.3, -0.25) is 9.59 Å². The third kappa shape index (κ3) is 2.68. The minimum atomic E-state index is -0.457.